The molecule has 2 N–H and O–H groups in total. The van der Waals surface area contributed by atoms with Crippen molar-refractivity contribution >= 4 is 27.6 Å². The maximum Gasteiger partial charge on any atom is 0.303 e. The number of rotatable bonds is 8. The van der Waals surface area contributed by atoms with Crippen LogP contribution in [0, 0.1) is 5.92 Å². The molecule has 1 unspecified atom stereocenters. The van der Waals surface area contributed by atoms with Crippen LogP contribution in [0.4, 0.5) is 5.69 Å². The number of hydrogen-bond acceptors (Lipinski definition) is 4. The van der Waals surface area contributed by atoms with E-state index in [0.29, 0.717) is 37.2 Å². The SMILES string of the molecule is CCCS(=O)(=O)Nc1ccccc1C(=O)N1CCCC(CCC(=O)O)C1. The van der Waals surface area contributed by atoms with Crippen molar-refractivity contribution in [3.63, 3.8) is 0 Å². The minimum atomic E-state index is -3.49. The lowest BCUT2D eigenvalue weighted by Crippen LogP contribution is -2.40. The van der Waals surface area contributed by atoms with Gasteiger partial charge in [-0.2, -0.15) is 0 Å². The number of para-hydroxylation sites is 1. The Morgan fingerprint density at radius 2 is 2.04 bits per heavy atom. The molecule has 1 fully saturated rings. The molecule has 0 spiro atoms. The molecule has 0 radical (unpaired) electrons. The third-order valence-electron chi connectivity index (χ3n) is 4.47. The Labute approximate surface area is 154 Å². The molecule has 1 atom stereocenters. The van der Waals surface area contributed by atoms with Crippen LogP contribution in [0.3, 0.4) is 0 Å². The number of carbonyl (C=O) groups is 2. The molecular formula is C18H26N2O5S. The highest BCUT2D eigenvalue weighted by Gasteiger charge is 2.26. The number of aliphatic carboxylic acids is 1. The third kappa shape index (κ3) is 5.72. The largest absolute Gasteiger partial charge is 0.481 e. The van der Waals surface area contributed by atoms with Gasteiger partial charge < -0.3 is 10.0 Å². The number of sulfonamides is 1. The van der Waals surface area contributed by atoms with Crippen molar-refractivity contribution < 1.29 is 23.1 Å². The first kappa shape index (κ1) is 20.2. The van der Waals surface area contributed by atoms with Crippen molar-refractivity contribution in [1.82, 2.24) is 4.90 Å². The highest BCUT2D eigenvalue weighted by molar-refractivity contribution is 7.92. The quantitative estimate of drug-likeness (QED) is 0.719. The number of amides is 1. The molecule has 0 saturated carbocycles. The number of hydrogen-bond donors (Lipinski definition) is 2. The van der Waals surface area contributed by atoms with Crippen molar-refractivity contribution in [2.45, 2.75) is 39.0 Å². The van der Waals surface area contributed by atoms with Gasteiger partial charge in [0.25, 0.3) is 5.91 Å². The molecule has 1 aromatic rings. The maximum atomic E-state index is 12.9. The van der Waals surface area contributed by atoms with Crippen LogP contribution in [-0.4, -0.2) is 49.1 Å². The number of carbonyl (C=O) groups excluding carboxylic acids is 1. The smallest absolute Gasteiger partial charge is 0.303 e. The second-order valence-corrected chi connectivity index (χ2v) is 8.50. The number of anilines is 1. The molecule has 2 rings (SSSR count). The number of nitrogens with one attached hydrogen (secondary N) is 1. The normalized spacial score (nSPS) is 17.7. The first-order chi connectivity index (χ1) is 12.3. The van der Waals surface area contributed by atoms with Gasteiger partial charge in [0, 0.05) is 19.5 Å². The summed E-state index contributed by atoms with van der Waals surface area (Å²) in [6.07, 6.45) is 2.86. The Morgan fingerprint density at radius 1 is 1.31 bits per heavy atom. The lowest BCUT2D eigenvalue weighted by atomic mass is 9.93. The Kier molecular flexibility index (Phi) is 7.02. The maximum absolute atomic E-state index is 12.9. The summed E-state index contributed by atoms with van der Waals surface area (Å²) in [5.41, 5.74) is 0.615. The van der Waals surface area contributed by atoms with E-state index in [0.717, 1.165) is 12.8 Å². The van der Waals surface area contributed by atoms with Gasteiger partial charge >= 0.3 is 5.97 Å². The average Bonchev–Trinajstić information content (AvgIpc) is 2.59. The summed E-state index contributed by atoms with van der Waals surface area (Å²) in [6, 6.07) is 6.60. The van der Waals surface area contributed by atoms with E-state index in [9.17, 15) is 18.0 Å². The second kappa shape index (κ2) is 9.02. The van der Waals surface area contributed by atoms with E-state index in [1.165, 1.54) is 0 Å². The van der Waals surface area contributed by atoms with E-state index < -0.39 is 16.0 Å². The molecule has 1 aliphatic heterocycles. The highest BCUT2D eigenvalue weighted by Crippen LogP contribution is 2.25. The molecule has 26 heavy (non-hydrogen) atoms. The number of piperidine rings is 1. The number of nitrogens with zero attached hydrogens (tertiary/aromatic N) is 1. The molecule has 1 heterocycles. The fraction of sp³-hybridized carbons (Fsp3) is 0.556. The molecule has 144 valence electrons. The van der Waals surface area contributed by atoms with Gasteiger partial charge in [0.05, 0.1) is 17.0 Å². The molecule has 1 aromatic carbocycles. The van der Waals surface area contributed by atoms with E-state index in [4.69, 9.17) is 5.11 Å². The summed E-state index contributed by atoms with van der Waals surface area (Å²) >= 11 is 0. The average molecular weight is 382 g/mol. The molecule has 0 bridgehead atoms. The minimum Gasteiger partial charge on any atom is -0.481 e. The zero-order chi connectivity index (χ0) is 19.2. The molecular weight excluding hydrogens is 356 g/mol. The van der Waals surface area contributed by atoms with Gasteiger partial charge in [0.2, 0.25) is 10.0 Å². The van der Waals surface area contributed by atoms with E-state index in [1.807, 2.05) is 0 Å². The molecule has 0 aromatic heterocycles. The van der Waals surface area contributed by atoms with Gasteiger partial charge in [0.15, 0.2) is 0 Å². The number of carboxylic acid groups (broad SMARTS) is 1. The predicted octanol–water partition coefficient (Wildman–Crippen LogP) is 2.56. The Hall–Kier alpha value is -2.09. The monoisotopic (exact) mass is 382 g/mol. The first-order valence-electron chi connectivity index (χ1n) is 8.93. The van der Waals surface area contributed by atoms with Crippen molar-refractivity contribution in [1.29, 1.82) is 0 Å². The number of likely N-dealkylation sites (tertiary alicyclic amines) is 1. The zero-order valence-corrected chi connectivity index (χ0v) is 15.8. The van der Waals surface area contributed by atoms with Gasteiger partial charge in [0.1, 0.15) is 0 Å². The zero-order valence-electron chi connectivity index (χ0n) is 15.0. The standard InChI is InChI=1S/C18H26N2O5S/c1-2-12-26(24,25)19-16-8-4-3-7-15(16)18(23)20-11-5-6-14(13-20)9-10-17(21)22/h3-4,7-8,14,19H,2,5-6,9-13H2,1H3,(H,21,22). The van der Waals surface area contributed by atoms with E-state index in [2.05, 4.69) is 4.72 Å². The molecule has 7 nitrogen and oxygen atoms in total. The van der Waals surface area contributed by atoms with Crippen LogP contribution in [0.25, 0.3) is 0 Å². The fourth-order valence-electron chi connectivity index (χ4n) is 3.23. The summed E-state index contributed by atoms with van der Waals surface area (Å²) in [5.74, 6) is -0.895. The summed E-state index contributed by atoms with van der Waals surface area (Å²) in [4.78, 5) is 25.4. The number of carboxylic acids is 1. The van der Waals surface area contributed by atoms with Crippen molar-refractivity contribution in [3.05, 3.63) is 29.8 Å². The molecule has 8 heteroatoms. The summed E-state index contributed by atoms with van der Waals surface area (Å²) < 4.78 is 26.6. The van der Waals surface area contributed by atoms with E-state index in [-0.39, 0.29) is 24.0 Å². The van der Waals surface area contributed by atoms with E-state index >= 15 is 0 Å². The summed E-state index contributed by atoms with van der Waals surface area (Å²) in [5, 5.41) is 8.84. The predicted molar refractivity (Wildman–Crippen MR) is 99.6 cm³/mol. The lowest BCUT2D eigenvalue weighted by molar-refractivity contribution is -0.137. The Morgan fingerprint density at radius 3 is 2.73 bits per heavy atom. The molecule has 1 aliphatic rings. The van der Waals surface area contributed by atoms with Gasteiger partial charge in [-0.1, -0.05) is 19.1 Å². The van der Waals surface area contributed by atoms with Crippen LogP contribution >= 0.6 is 0 Å². The molecule has 1 saturated heterocycles. The van der Waals surface area contributed by atoms with Crippen LogP contribution in [0.5, 0.6) is 0 Å². The van der Waals surface area contributed by atoms with Crippen LogP contribution in [-0.2, 0) is 14.8 Å². The van der Waals surface area contributed by atoms with Crippen molar-refractivity contribution in [2.24, 2.45) is 5.92 Å². The summed E-state index contributed by atoms with van der Waals surface area (Å²) in [7, 11) is -3.49. The van der Waals surface area contributed by atoms with Crippen LogP contribution in [0.1, 0.15) is 49.4 Å². The van der Waals surface area contributed by atoms with E-state index in [1.54, 1.807) is 36.1 Å². The van der Waals surface area contributed by atoms with Gasteiger partial charge in [-0.05, 0) is 43.7 Å². The molecule has 1 amide bonds. The third-order valence-corrected chi connectivity index (χ3v) is 5.95. The second-order valence-electron chi connectivity index (χ2n) is 6.66. The minimum absolute atomic E-state index is 0.00347. The number of benzene rings is 1. The van der Waals surface area contributed by atoms with Gasteiger partial charge in [-0.25, -0.2) is 8.42 Å². The Balaban J connectivity index is 2.12. The van der Waals surface area contributed by atoms with Crippen LogP contribution < -0.4 is 4.72 Å². The topological polar surface area (TPSA) is 104 Å². The first-order valence-corrected chi connectivity index (χ1v) is 10.6. The summed E-state index contributed by atoms with van der Waals surface area (Å²) in [6.45, 7) is 2.88. The van der Waals surface area contributed by atoms with Crippen LogP contribution in [0.15, 0.2) is 24.3 Å². The van der Waals surface area contributed by atoms with Crippen LogP contribution in [0.2, 0.25) is 0 Å². The Bertz CT molecular complexity index is 748. The fourth-order valence-corrected chi connectivity index (χ4v) is 4.38. The highest BCUT2D eigenvalue weighted by atomic mass is 32.2. The van der Waals surface area contributed by atoms with Crippen molar-refractivity contribution in [2.75, 3.05) is 23.6 Å². The molecule has 0 aliphatic carbocycles. The van der Waals surface area contributed by atoms with Gasteiger partial charge in [-0.3, -0.25) is 14.3 Å². The van der Waals surface area contributed by atoms with Gasteiger partial charge in [-0.15, -0.1) is 0 Å². The lowest BCUT2D eigenvalue weighted by Gasteiger charge is -2.33. The van der Waals surface area contributed by atoms with Crippen molar-refractivity contribution in [3.8, 4) is 0 Å².